The van der Waals surface area contributed by atoms with Crippen LogP contribution < -0.4 is 5.32 Å². The second-order valence-electron chi connectivity index (χ2n) is 5.71. The lowest BCUT2D eigenvalue weighted by atomic mass is 10.0. The first-order chi connectivity index (χ1) is 11.1. The molecule has 1 N–H and O–H groups in total. The molecular weight excluding hydrogens is 286 g/mol. The van der Waals surface area contributed by atoms with Crippen LogP contribution in [-0.2, 0) is 0 Å². The number of hydrogen-bond donors (Lipinski definition) is 1. The van der Waals surface area contributed by atoms with Crippen molar-refractivity contribution in [2.75, 3.05) is 0 Å². The van der Waals surface area contributed by atoms with E-state index >= 15 is 0 Å². The maximum atomic E-state index is 12.7. The van der Waals surface area contributed by atoms with E-state index in [0.717, 1.165) is 16.7 Å². The van der Waals surface area contributed by atoms with E-state index in [2.05, 4.69) is 11.4 Å². The minimum absolute atomic E-state index is 0.109. The Labute approximate surface area is 136 Å². The molecule has 0 aliphatic heterocycles. The molecule has 3 aromatic rings. The van der Waals surface area contributed by atoms with Gasteiger partial charge < -0.3 is 9.73 Å². The summed E-state index contributed by atoms with van der Waals surface area (Å²) in [5.74, 6) is 0.607. The molecule has 0 aliphatic carbocycles. The number of furan rings is 1. The molecule has 0 saturated heterocycles. The number of hydrogen-bond acceptors (Lipinski definition) is 2. The Bertz CT molecular complexity index is 772. The van der Waals surface area contributed by atoms with Crippen LogP contribution in [-0.4, -0.2) is 5.91 Å². The van der Waals surface area contributed by atoms with Crippen molar-refractivity contribution in [2.45, 2.75) is 19.9 Å². The summed E-state index contributed by atoms with van der Waals surface area (Å²) in [6, 6.07) is 19.1. The number of carbonyl (C=O) groups is 1. The zero-order valence-corrected chi connectivity index (χ0v) is 13.2. The fourth-order valence-electron chi connectivity index (χ4n) is 2.74. The minimum atomic E-state index is -0.306. The van der Waals surface area contributed by atoms with E-state index in [1.165, 1.54) is 0 Å². The highest BCUT2D eigenvalue weighted by Crippen LogP contribution is 2.23. The third kappa shape index (κ3) is 3.51. The fraction of sp³-hybridized carbons (Fsp3) is 0.150. The van der Waals surface area contributed by atoms with Crippen LogP contribution in [0.2, 0.25) is 0 Å². The highest BCUT2D eigenvalue weighted by molar-refractivity contribution is 5.95. The van der Waals surface area contributed by atoms with Gasteiger partial charge in [0.1, 0.15) is 11.8 Å². The van der Waals surface area contributed by atoms with Crippen molar-refractivity contribution in [3.63, 3.8) is 0 Å². The zero-order chi connectivity index (χ0) is 16.2. The van der Waals surface area contributed by atoms with Gasteiger partial charge in [0.05, 0.1) is 6.26 Å². The number of carbonyl (C=O) groups excluding carboxylic acids is 1. The summed E-state index contributed by atoms with van der Waals surface area (Å²) in [6.07, 6.45) is 1.62. The molecule has 2 aromatic carbocycles. The molecule has 0 saturated carbocycles. The predicted molar refractivity (Wildman–Crippen MR) is 90.4 cm³/mol. The Balaban J connectivity index is 1.91. The van der Waals surface area contributed by atoms with Crippen LogP contribution in [0.4, 0.5) is 0 Å². The number of benzene rings is 2. The van der Waals surface area contributed by atoms with Gasteiger partial charge in [-0.05, 0) is 43.7 Å². The predicted octanol–water partition coefficient (Wildman–Crippen LogP) is 4.42. The van der Waals surface area contributed by atoms with Crippen LogP contribution in [0.25, 0.3) is 0 Å². The molecule has 1 heterocycles. The van der Waals surface area contributed by atoms with Crippen molar-refractivity contribution in [1.82, 2.24) is 5.32 Å². The fourth-order valence-corrected chi connectivity index (χ4v) is 2.74. The molecule has 1 aromatic heterocycles. The third-order valence-corrected chi connectivity index (χ3v) is 3.72. The molecule has 116 valence electrons. The average Bonchev–Trinajstić information content (AvgIpc) is 3.06. The van der Waals surface area contributed by atoms with Gasteiger partial charge in [-0.3, -0.25) is 4.79 Å². The third-order valence-electron chi connectivity index (χ3n) is 3.72. The summed E-state index contributed by atoms with van der Waals surface area (Å²) >= 11 is 0. The molecule has 3 rings (SSSR count). The summed E-state index contributed by atoms with van der Waals surface area (Å²) in [4.78, 5) is 12.7. The van der Waals surface area contributed by atoms with E-state index in [0.29, 0.717) is 11.3 Å². The van der Waals surface area contributed by atoms with E-state index in [-0.39, 0.29) is 11.9 Å². The smallest absolute Gasteiger partial charge is 0.252 e. The monoisotopic (exact) mass is 305 g/mol. The minimum Gasteiger partial charge on any atom is -0.467 e. The van der Waals surface area contributed by atoms with Crippen LogP contribution in [0.3, 0.4) is 0 Å². The maximum Gasteiger partial charge on any atom is 0.252 e. The van der Waals surface area contributed by atoms with Gasteiger partial charge in [0.2, 0.25) is 0 Å². The van der Waals surface area contributed by atoms with Gasteiger partial charge in [-0.15, -0.1) is 0 Å². The first-order valence-corrected chi connectivity index (χ1v) is 7.61. The Kier molecular flexibility index (Phi) is 4.29. The Morgan fingerprint density at radius 2 is 1.65 bits per heavy atom. The standard InChI is InChI=1S/C20H19NO2/c1-14-11-15(2)13-17(12-14)20(22)21-19(18-9-6-10-23-18)16-7-4-3-5-8-16/h3-13,19H,1-2H3,(H,21,22)/t19-/m0/s1. The molecule has 0 bridgehead atoms. The van der Waals surface area contributed by atoms with Crippen LogP contribution in [0.15, 0.2) is 71.3 Å². The summed E-state index contributed by atoms with van der Waals surface area (Å²) in [5.41, 5.74) is 3.80. The van der Waals surface area contributed by atoms with Crippen LogP contribution in [0.5, 0.6) is 0 Å². The number of aryl methyl sites for hydroxylation is 2. The van der Waals surface area contributed by atoms with Crippen molar-refractivity contribution in [3.05, 3.63) is 94.9 Å². The molecule has 1 atom stereocenters. The van der Waals surface area contributed by atoms with E-state index in [1.54, 1.807) is 6.26 Å². The van der Waals surface area contributed by atoms with Crippen molar-refractivity contribution in [3.8, 4) is 0 Å². The normalized spacial score (nSPS) is 11.9. The van der Waals surface area contributed by atoms with Gasteiger partial charge in [-0.25, -0.2) is 0 Å². The van der Waals surface area contributed by atoms with E-state index in [4.69, 9.17) is 4.42 Å². The van der Waals surface area contributed by atoms with E-state index in [1.807, 2.05) is 68.4 Å². The Morgan fingerprint density at radius 1 is 0.957 bits per heavy atom. The molecule has 0 unspecified atom stereocenters. The summed E-state index contributed by atoms with van der Waals surface area (Å²) in [6.45, 7) is 3.98. The van der Waals surface area contributed by atoms with Crippen molar-refractivity contribution < 1.29 is 9.21 Å². The second-order valence-corrected chi connectivity index (χ2v) is 5.71. The van der Waals surface area contributed by atoms with Gasteiger partial charge in [-0.2, -0.15) is 0 Å². The van der Waals surface area contributed by atoms with Crippen LogP contribution in [0.1, 0.15) is 38.9 Å². The summed E-state index contributed by atoms with van der Waals surface area (Å²) in [5, 5.41) is 3.07. The summed E-state index contributed by atoms with van der Waals surface area (Å²) < 4.78 is 5.52. The number of rotatable bonds is 4. The maximum absolute atomic E-state index is 12.7. The lowest BCUT2D eigenvalue weighted by molar-refractivity contribution is 0.0939. The molecular formula is C20H19NO2. The number of amides is 1. The molecule has 0 aliphatic rings. The number of nitrogens with one attached hydrogen (secondary N) is 1. The molecule has 0 fully saturated rings. The molecule has 1 amide bonds. The lowest BCUT2D eigenvalue weighted by Gasteiger charge is -2.17. The largest absolute Gasteiger partial charge is 0.467 e. The SMILES string of the molecule is Cc1cc(C)cc(C(=O)N[C@@H](c2ccccc2)c2ccco2)c1. The average molecular weight is 305 g/mol. The highest BCUT2D eigenvalue weighted by Gasteiger charge is 2.20. The lowest BCUT2D eigenvalue weighted by Crippen LogP contribution is -2.29. The van der Waals surface area contributed by atoms with Crippen molar-refractivity contribution in [1.29, 1.82) is 0 Å². The Hall–Kier alpha value is -2.81. The molecule has 0 spiro atoms. The topological polar surface area (TPSA) is 42.2 Å². The van der Waals surface area contributed by atoms with Gasteiger partial charge >= 0.3 is 0 Å². The first kappa shape index (κ1) is 15.1. The zero-order valence-electron chi connectivity index (χ0n) is 13.2. The van der Waals surface area contributed by atoms with Crippen LogP contribution in [0, 0.1) is 13.8 Å². The molecule has 3 heteroatoms. The van der Waals surface area contributed by atoms with Gasteiger partial charge in [0, 0.05) is 5.56 Å². The molecule has 0 radical (unpaired) electrons. The first-order valence-electron chi connectivity index (χ1n) is 7.61. The summed E-state index contributed by atoms with van der Waals surface area (Å²) in [7, 11) is 0. The van der Waals surface area contributed by atoms with Gasteiger partial charge in [0.15, 0.2) is 0 Å². The van der Waals surface area contributed by atoms with E-state index < -0.39 is 0 Å². The second kappa shape index (κ2) is 6.53. The molecule has 23 heavy (non-hydrogen) atoms. The van der Waals surface area contributed by atoms with Crippen LogP contribution >= 0.6 is 0 Å². The highest BCUT2D eigenvalue weighted by atomic mass is 16.3. The van der Waals surface area contributed by atoms with Gasteiger partial charge in [-0.1, -0.05) is 47.5 Å². The van der Waals surface area contributed by atoms with Gasteiger partial charge in [0.25, 0.3) is 5.91 Å². The molecule has 3 nitrogen and oxygen atoms in total. The van der Waals surface area contributed by atoms with Crippen molar-refractivity contribution >= 4 is 5.91 Å². The Morgan fingerprint density at radius 3 is 2.26 bits per heavy atom. The van der Waals surface area contributed by atoms with Crippen molar-refractivity contribution in [2.24, 2.45) is 0 Å². The van der Waals surface area contributed by atoms with E-state index in [9.17, 15) is 4.79 Å². The quantitative estimate of drug-likeness (QED) is 0.775.